The van der Waals surface area contributed by atoms with Gasteiger partial charge < -0.3 is 19.4 Å². The lowest BCUT2D eigenvalue weighted by Gasteiger charge is -2.35. The number of hydrogen-bond donors (Lipinski definition) is 0. The Bertz CT molecular complexity index is 1910. The minimum atomic E-state index is 0.776. The first kappa shape index (κ1) is 28.7. The molecule has 0 radical (unpaired) electrons. The van der Waals surface area contributed by atoms with Gasteiger partial charge >= 0.3 is 0 Å². The Morgan fingerprint density at radius 3 is 1.11 bits per heavy atom. The molecule has 4 nitrogen and oxygen atoms in total. The van der Waals surface area contributed by atoms with Crippen molar-refractivity contribution in [1.29, 1.82) is 0 Å². The van der Waals surface area contributed by atoms with Crippen molar-refractivity contribution in [1.82, 2.24) is 0 Å². The van der Waals surface area contributed by atoms with Gasteiger partial charge in [0.05, 0.1) is 11.4 Å². The van der Waals surface area contributed by atoms with Crippen LogP contribution in [0, 0.1) is 0 Å². The maximum absolute atomic E-state index is 6.87. The molecule has 0 spiro atoms. The van der Waals surface area contributed by atoms with Gasteiger partial charge in [-0.05, 0) is 97.1 Å². The summed E-state index contributed by atoms with van der Waals surface area (Å²) in [5.74, 6) is 1.55. The van der Waals surface area contributed by atoms with E-state index in [1.165, 1.54) is 0 Å². The molecule has 7 aromatic rings. The molecule has 226 valence electrons. The van der Waals surface area contributed by atoms with Gasteiger partial charge in [0.25, 0.3) is 0 Å². The highest BCUT2D eigenvalue weighted by atomic mass is 79.9. The predicted octanol–water partition coefficient (Wildman–Crippen LogP) is 13.0. The maximum atomic E-state index is 6.87. The molecule has 47 heavy (non-hydrogen) atoms. The SMILES string of the molecule is Brc1ccc(N2c3ccc(N(c4ccccc4)c4ccccc4)cc3Oc3cc(N(c4ccccc4)c4ccccc4)ccc32)cc1. The molecule has 1 aliphatic heterocycles. The number of anilines is 9. The summed E-state index contributed by atoms with van der Waals surface area (Å²) in [6.45, 7) is 0. The number of benzene rings is 7. The number of halogens is 1. The third kappa shape index (κ3) is 5.62. The molecule has 0 amide bonds. The number of ether oxygens (including phenoxy) is 1. The minimum absolute atomic E-state index is 0.776. The summed E-state index contributed by atoms with van der Waals surface area (Å²) < 4.78 is 7.90. The minimum Gasteiger partial charge on any atom is -0.453 e. The molecule has 8 rings (SSSR count). The van der Waals surface area contributed by atoms with E-state index in [0.29, 0.717) is 0 Å². The molecular weight excluding hydrogens is 642 g/mol. The van der Waals surface area contributed by atoms with Crippen molar-refractivity contribution in [3.63, 3.8) is 0 Å². The predicted molar refractivity (Wildman–Crippen MR) is 198 cm³/mol. The van der Waals surface area contributed by atoms with Crippen molar-refractivity contribution < 1.29 is 4.74 Å². The van der Waals surface area contributed by atoms with E-state index in [2.05, 4.69) is 188 Å². The smallest absolute Gasteiger partial charge is 0.153 e. The summed E-state index contributed by atoms with van der Waals surface area (Å²) in [6.07, 6.45) is 0. The van der Waals surface area contributed by atoms with Gasteiger partial charge in [0, 0.05) is 56.4 Å². The Kier molecular flexibility index (Phi) is 7.66. The lowest BCUT2D eigenvalue weighted by Crippen LogP contribution is -2.17. The largest absolute Gasteiger partial charge is 0.453 e. The molecule has 0 atom stereocenters. The molecule has 0 saturated heterocycles. The quantitative estimate of drug-likeness (QED) is 0.168. The Hall–Kier alpha value is -5.78. The van der Waals surface area contributed by atoms with Crippen LogP contribution in [-0.4, -0.2) is 0 Å². The summed E-state index contributed by atoms with van der Waals surface area (Å²) in [7, 11) is 0. The Balaban J connectivity index is 1.28. The second-order valence-corrected chi connectivity index (χ2v) is 12.1. The van der Waals surface area contributed by atoms with Crippen molar-refractivity contribution in [3.8, 4) is 11.5 Å². The number of fused-ring (bicyclic) bond motifs is 2. The summed E-state index contributed by atoms with van der Waals surface area (Å²) in [5.41, 5.74) is 9.29. The Morgan fingerprint density at radius 1 is 0.383 bits per heavy atom. The van der Waals surface area contributed by atoms with E-state index < -0.39 is 0 Å². The third-order valence-corrected chi connectivity index (χ3v) is 8.78. The molecule has 1 aliphatic rings. The van der Waals surface area contributed by atoms with Crippen LogP contribution in [-0.2, 0) is 0 Å². The second kappa shape index (κ2) is 12.5. The molecule has 0 saturated carbocycles. The zero-order chi connectivity index (χ0) is 31.6. The van der Waals surface area contributed by atoms with Gasteiger partial charge in [-0.1, -0.05) is 88.7 Å². The van der Waals surface area contributed by atoms with Crippen molar-refractivity contribution >= 4 is 67.1 Å². The van der Waals surface area contributed by atoms with Gasteiger partial charge in [-0.25, -0.2) is 0 Å². The third-order valence-electron chi connectivity index (χ3n) is 8.25. The molecule has 0 fully saturated rings. The van der Waals surface area contributed by atoms with E-state index in [1.54, 1.807) is 0 Å². The normalized spacial score (nSPS) is 11.6. The van der Waals surface area contributed by atoms with Crippen LogP contribution in [0.4, 0.5) is 51.2 Å². The second-order valence-electron chi connectivity index (χ2n) is 11.2. The van der Waals surface area contributed by atoms with Gasteiger partial charge in [-0.15, -0.1) is 0 Å². The lowest BCUT2D eigenvalue weighted by atomic mass is 10.1. The average molecular weight is 673 g/mol. The van der Waals surface area contributed by atoms with E-state index in [0.717, 1.165) is 67.2 Å². The molecule has 0 unspecified atom stereocenters. The van der Waals surface area contributed by atoms with Gasteiger partial charge in [0.2, 0.25) is 0 Å². The summed E-state index contributed by atoms with van der Waals surface area (Å²) >= 11 is 3.62. The first-order valence-electron chi connectivity index (χ1n) is 15.5. The van der Waals surface area contributed by atoms with Crippen LogP contribution in [0.2, 0.25) is 0 Å². The fraction of sp³-hybridized carbons (Fsp3) is 0. The van der Waals surface area contributed by atoms with E-state index >= 15 is 0 Å². The summed E-state index contributed by atoms with van der Waals surface area (Å²) in [5, 5.41) is 0. The van der Waals surface area contributed by atoms with Crippen LogP contribution in [0.5, 0.6) is 11.5 Å². The molecule has 7 aromatic carbocycles. The molecular formula is C42H30BrN3O. The number of rotatable bonds is 7. The molecule has 5 heteroatoms. The topological polar surface area (TPSA) is 19.0 Å². The fourth-order valence-electron chi connectivity index (χ4n) is 6.14. The van der Waals surface area contributed by atoms with E-state index in [4.69, 9.17) is 4.74 Å². The first-order valence-corrected chi connectivity index (χ1v) is 16.3. The molecule has 0 N–H and O–H groups in total. The van der Waals surface area contributed by atoms with E-state index in [1.807, 2.05) is 24.3 Å². The van der Waals surface area contributed by atoms with Gasteiger partial charge in [-0.2, -0.15) is 0 Å². The van der Waals surface area contributed by atoms with Crippen LogP contribution >= 0.6 is 15.9 Å². The first-order chi connectivity index (χ1) is 23.2. The number of para-hydroxylation sites is 4. The van der Waals surface area contributed by atoms with Gasteiger partial charge in [0.15, 0.2) is 11.5 Å². The Morgan fingerprint density at radius 2 is 0.745 bits per heavy atom. The molecule has 0 aliphatic carbocycles. The zero-order valence-electron chi connectivity index (χ0n) is 25.4. The molecule has 0 aromatic heterocycles. The standard InChI is InChI=1S/C42H30BrN3O/c43-31-21-23-36(24-22-31)46-39-27-25-37(44(32-13-5-1-6-14-32)33-15-7-2-8-16-33)29-41(39)47-42-30-38(26-28-40(42)46)45(34-17-9-3-10-18-34)35-19-11-4-12-20-35/h1-30H. The van der Waals surface area contributed by atoms with Crippen LogP contribution in [0.15, 0.2) is 186 Å². The molecule has 1 heterocycles. The van der Waals surface area contributed by atoms with Gasteiger partial charge in [-0.3, -0.25) is 0 Å². The zero-order valence-corrected chi connectivity index (χ0v) is 27.0. The van der Waals surface area contributed by atoms with E-state index in [9.17, 15) is 0 Å². The summed E-state index contributed by atoms with van der Waals surface area (Å²) in [6, 6.07) is 63.1. The highest BCUT2D eigenvalue weighted by molar-refractivity contribution is 9.10. The van der Waals surface area contributed by atoms with E-state index in [-0.39, 0.29) is 0 Å². The average Bonchev–Trinajstić information content (AvgIpc) is 3.13. The number of hydrogen-bond acceptors (Lipinski definition) is 4. The van der Waals surface area contributed by atoms with Crippen LogP contribution in [0.1, 0.15) is 0 Å². The van der Waals surface area contributed by atoms with Crippen molar-refractivity contribution in [2.24, 2.45) is 0 Å². The van der Waals surface area contributed by atoms with Crippen LogP contribution < -0.4 is 19.4 Å². The Labute approximate surface area is 283 Å². The summed E-state index contributed by atoms with van der Waals surface area (Å²) in [4.78, 5) is 6.79. The van der Waals surface area contributed by atoms with Crippen LogP contribution in [0.25, 0.3) is 0 Å². The molecule has 0 bridgehead atoms. The van der Waals surface area contributed by atoms with Crippen molar-refractivity contribution in [3.05, 3.63) is 186 Å². The monoisotopic (exact) mass is 671 g/mol. The highest BCUT2D eigenvalue weighted by Crippen LogP contribution is 2.53. The fourth-order valence-corrected chi connectivity index (χ4v) is 6.40. The van der Waals surface area contributed by atoms with Crippen molar-refractivity contribution in [2.45, 2.75) is 0 Å². The lowest BCUT2D eigenvalue weighted by molar-refractivity contribution is 0.477. The maximum Gasteiger partial charge on any atom is 0.153 e. The number of nitrogens with zero attached hydrogens (tertiary/aromatic N) is 3. The van der Waals surface area contributed by atoms with Gasteiger partial charge in [0.1, 0.15) is 0 Å². The van der Waals surface area contributed by atoms with Crippen LogP contribution in [0.3, 0.4) is 0 Å². The van der Waals surface area contributed by atoms with Crippen molar-refractivity contribution in [2.75, 3.05) is 14.7 Å². The highest BCUT2D eigenvalue weighted by Gasteiger charge is 2.28.